The van der Waals surface area contributed by atoms with Gasteiger partial charge in [-0.2, -0.15) is 0 Å². The number of hydrogen-bond acceptors (Lipinski definition) is 1. The molecule has 3 rings (SSSR count). The molecule has 0 saturated heterocycles. The fourth-order valence-corrected chi connectivity index (χ4v) is 3.97. The number of rotatable bonds is 11. The fraction of sp³-hybridized carbons (Fsp3) is 0.739. The summed E-state index contributed by atoms with van der Waals surface area (Å²) in [5, 5.41) is 10.3. The second kappa shape index (κ2) is 7.50. The van der Waals surface area contributed by atoms with Crippen LogP contribution in [-0.4, -0.2) is 5.11 Å². The van der Waals surface area contributed by atoms with Crippen molar-refractivity contribution >= 4 is 0 Å². The molecule has 0 bridgehead atoms. The van der Waals surface area contributed by atoms with Crippen molar-refractivity contribution in [3.05, 3.63) is 29.3 Å². The second-order valence-corrected chi connectivity index (χ2v) is 9.30. The van der Waals surface area contributed by atoms with Crippen LogP contribution < -0.4 is 0 Å². The number of benzene rings is 1. The summed E-state index contributed by atoms with van der Waals surface area (Å²) in [5.41, 5.74) is 4.00. The maximum absolute atomic E-state index is 10.3. The van der Waals surface area contributed by atoms with E-state index >= 15 is 0 Å². The Morgan fingerprint density at radius 1 is 0.792 bits per heavy atom. The van der Waals surface area contributed by atoms with Gasteiger partial charge in [-0.15, -0.1) is 0 Å². The summed E-state index contributed by atoms with van der Waals surface area (Å²) in [5.74, 6) is 0.524. The third kappa shape index (κ3) is 5.26. The average molecular weight is 329 g/mol. The van der Waals surface area contributed by atoms with E-state index in [0.29, 0.717) is 16.6 Å². The van der Waals surface area contributed by atoms with Crippen LogP contribution in [0.5, 0.6) is 5.75 Å². The van der Waals surface area contributed by atoms with Crippen molar-refractivity contribution in [2.24, 2.45) is 10.8 Å². The molecule has 134 valence electrons. The van der Waals surface area contributed by atoms with E-state index in [1.165, 1.54) is 81.8 Å². The highest BCUT2D eigenvalue weighted by Gasteiger charge is 2.36. The van der Waals surface area contributed by atoms with Crippen LogP contribution in [0.1, 0.15) is 95.6 Å². The lowest BCUT2D eigenvalue weighted by molar-refractivity contribution is 0.456. The van der Waals surface area contributed by atoms with Crippen LogP contribution in [0.4, 0.5) is 0 Å². The molecule has 0 amide bonds. The highest BCUT2D eigenvalue weighted by atomic mass is 16.3. The van der Waals surface area contributed by atoms with Gasteiger partial charge in [0.1, 0.15) is 5.75 Å². The minimum Gasteiger partial charge on any atom is -0.508 e. The molecule has 0 radical (unpaired) electrons. The summed E-state index contributed by atoms with van der Waals surface area (Å²) in [6.45, 7) is 4.85. The highest BCUT2D eigenvalue weighted by Crippen LogP contribution is 2.49. The Morgan fingerprint density at radius 3 is 2.00 bits per heavy atom. The first kappa shape index (κ1) is 17.8. The number of hydrogen-bond donors (Lipinski definition) is 1. The minimum absolute atomic E-state index is 0.524. The van der Waals surface area contributed by atoms with E-state index in [2.05, 4.69) is 19.9 Å². The van der Waals surface area contributed by atoms with E-state index in [-0.39, 0.29) is 0 Å². The molecule has 2 aliphatic rings. The Kier molecular flexibility index (Phi) is 5.57. The van der Waals surface area contributed by atoms with Gasteiger partial charge in [0, 0.05) is 0 Å². The predicted octanol–water partition coefficient (Wildman–Crippen LogP) is 6.81. The smallest absolute Gasteiger partial charge is 0.119 e. The predicted molar refractivity (Wildman–Crippen MR) is 103 cm³/mol. The molecular weight excluding hydrogens is 292 g/mol. The van der Waals surface area contributed by atoms with E-state index in [1.54, 1.807) is 0 Å². The number of phenolic OH excluding ortho intramolecular Hbond substituents is 1. The zero-order valence-electron chi connectivity index (χ0n) is 15.9. The van der Waals surface area contributed by atoms with E-state index in [4.69, 9.17) is 0 Å². The van der Waals surface area contributed by atoms with Crippen LogP contribution in [0, 0.1) is 10.8 Å². The summed E-state index contributed by atoms with van der Waals surface area (Å²) in [4.78, 5) is 0. The Hall–Kier alpha value is -0.980. The molecule has 1 aromatic carbocycles. The van der Waals surface area contributed by atoms with Gasteiger partial charge in [0.2, 0.25) is 0 Å². The molecule has 1 aromatic rings. The molecule has 0 aromatic heterocycles. The zero-order valence-corrected chi connectivity index (χ0v) is 15.9. The normalized spacial score (nSPS) is 20.1. The van der Waals surface area contributed by atoms with E-state index < -0.39 is 0 Å². The molecule has 1 nitrogen and oxygen atoms in total. The summed E-state index contributed by atoms with van der Waals surface area (Å²) >= 11 is 0. The quantitative estimate of drug-likeness (QED) is 0.442. The number of phenols is 1. The lowest BCUT2D eigenvalue weighted by atomic mass is 9.93. The van der Waals surface area contributed by atoms with E-state index in [9.17, 15) is 5.11 Å². The SMILES string of the molecule is CC1(CCCCCc2c(O)cccc2CCCCC2(C)CC2)CC1. The summed E-state index contributed by atoms with van der Waals surface area (Å²) in [6.07, 6.45) is 17.2. The Morgan fingerprint density at radius 2 is 1.38 bits per heavy atom. The van der Waals surface area contributed by atoms with Crippen molar-refractivity contribution in [2.75, 3.05) is 0 Å². The van der Waals surface area contributed by atoms with Crippen LogP contribution in [0.25, 0.3) is 0 Å². The van der Waals surface area contributed by atoms with Crippen molar-refractivity contribution < 1.29 is 5.11 Å². The fourth-order valence-electron chi connectivity index (χ4n) is 3.97. The minimum atomic E-state index is 0.524. The second-order valence-electron chi connectivity index (χ2n) is 9.30. The molecule has 1 heteroatoms. The van der Waals surface area contributed by atoms with Crippen LogP contribution in [0.2, 0.25) is 0 Å². The maximum atomic E-state index is 10.3. The van der Waals surface area contributed by atoms with Gasteiger partial charge in [0.05, 0.1) is 0 Å². The van der Waals surface area contributed by atoms with Crippen molar-refractivity contribution in [2.45, 2.75) is 97.3 Å². The van der Waals surface area contributed by atoms with Crippen molar-refractivity contribution in [3.8, 4) is 5.75 Å². The molecule has 2 fully saturated rings. The van der Waals surface area contributed by atoms with Gasteiger partial charge < -0.3 is 5.11 Å². The standard InChI is InChI=1S/C23H36O/c1-22(15-16-22)13-6-3-4-11-20-19(10-8-12-21(20)24)9-5-7-14-23(2)17-18-23/h8,10,12,24H,3-7,9,11,13-18H2,1-2H3. The summed E-state index contributed by atoms with van der Waals surface area (Å²) < 4.78 is 0. The van der Waals surface area contributed by atoms with E-state index in [1.807, 2.05) is 12.1 Å². The lowest BCUT2D eigenvalue weighted by Crippen LogP contribution is -1.98. The first-order valence-electron chi connectivity index (χ1n) is 10.3. The van der Waals surface area contributed by atoms with Crippen LogP contribution in [-0.2, 0) is 12.8 Å². The molecular formula is C23H36O. The molecule has 0 unspecified atom stereocenters. The van der Waals surface area contributed by atoms with Crippen molar-refractivity contribution in [1.82, 2.24) is 0 Å². The van der Waals surface area contributed by atoms with Crippen LogP contribution >= 0.6 is 0 Å². The summed E-state index contributed by atoms with van der Waals surface area (Å²) in [6, 6.07) is 6.12. The third-order valence-electron chi connectivity index (χ3n) is 6.64. The monoisotopic (exact) mass is 328 g/mol. The number of unbranched alkanes of at least 4 members (excludes halogenated alkanes) is 3. The largest absolute Gasteiger partial charge is 0.508 e. The third-order valence-corrected chi connectivity index (χ3v) is 6.64. The molecule has 0 atom stereocenters. The first-order valence-corrected chi connectivity index (χ1v) is 10.3. The van der Waals surface area contributed by atoms with Crippen molar-refractivity contribution in [3.63, 3.8) is 0 Å². The van der Waals surface area contributed by atoms with Gasteiger partial charge in [0.15, 0.2) is 0 Å². The number of aromatic hydroxyl groups is 1. The Bertz CT molecular complexity index is 537. The van der Waals surface area contributed by atoms with Gasteiger partial charge in [-0.1, -0.05) is 45.2 Å². The maximum Gasteiger partial charge on any atom is 0.119 e. The van der Waals surface area contributed by atoms with Crippen molar-refractivity contribution in [1.29, 1.82) is 0 Å². The molecule has 0 heterocycles. The Labute approximate surface area is 148 Å². The van der Waals surface area contributed by atoms with Crippen LogP contribution in [0.15, 0.2) is 18.2 Å². The van der Waals surface area contributed by atoms with Gasteiger partial charge in [-0.05, 0) is 92.2 Å². The first-order chi connectivity index (χ1) is 11.5. The van der Waals surface area contributed by atoms with Crippen LogP contribution in [0.3, 0.4) is 0 Å². The van der Waals surface area contributed by atoms with Gasteiger partial charge in [-0.25, -0.2) is 0 Å². The highest BCUT2D eigenvalue weighted by molar-refractivity contribution is 5.39. The molecule has 0 spiro atoms. The average Bonchev–Trinajstić information content (AvgIpc) is 3.46. The molecule has 0 aliphatic heterocycles. The van der Waals surface area contributed by atoms with E-state index in [0.717, 1.165) is 12.8 Å². The molecule has 2 aliphatic carbocycles. The number of aryl methyl sites for hydroxylation is 1. The van der Waals surface area contributed by atoms with Gasteiger partial charge >= 0.3 is 0 Å². The molecule has 2 saturated carbocycles. The lowest BCUT2D eigenvalue weighted by Gasteiger charge is -2.13. The van der Waals surface area contributed by atoms with Gasteiger partial charge in [0.25, 0.3) is 0 Å². The molecule has 24 heavy (non-hydrogen) atoms. The topological polar surface area (TPSA) is 20.2 Å². The van der Waals surface area contributed by atoms with Gasteiger partial charge in [-0.3, -0.25) is 0 Å². The molecule has 1 N–H and O–H groups in total. The zero-order chi connectivity index (χ0) is 17.0. The Balaban J connectivity index is 1.41. The summed E-state index contributed by atoms with van der Waals surface area (Å²) in [7, 11) is 0.